The summed E-state index contributed by atoms with van der Waals surface area (Å²) in [7, 11) is 0. The van der Waals surface area contributed by atoms with Crippen molar-refractivity contribution in [3.63, 3.8) is 0 Å². The van der Waals surface area contributed by atoms with Crippen LogP contribution in [0, 0.1) is 6.92 Å². The van der Waals surface area contributed by atoms with Gasteiger partial charge in [-0.3, -0.25) is 4.79 Å². The van der Waals surface area contributed by atoms with Crippen molar-refractivity contribution < 1.29 is 9.32 Å². The van der Waals surface area contributed by atoms with Gasteiger partial charge in [0.05, 0.1) is 22.3 Å². The highest BCUT2D eigenvalue weighted by atomic mass is 16.5. The Morgan fingerprint density at radius 1 is 1.00 bits per heavy atom. The maximum Gasteiger partial charge on any atom is 0.196 e. The van der Waals surface area contributed by atoms with Crippen molar-refractivity contribution in [2.75, 3.05) is 17.2 Å². The van der Waals surface area contributed by atoms with Crippen LogP contribution >= 0.6 is 0 Å². The molecule has 0 aliphatic heterocycles. The highest BCUT2D eigenvalue weighted by Crippen LogP contribution is 2.45. The lowest BCUT2D eigenvalue weighted by Crippen LogP contribution is -2.12. The minimum absolute atomic E-state index is 0.0129. The molecule has 4 aromatic rings. The van der Waals surface area contributed by atoms with E-state index in [1.54, 1.807) is 0 Å². The van der Waals surface area contributed by atoms with E-state index in [4.69, 9.17) is 4.52 Å². The Hall–Kier alpha value is -3.60. The van der Waals surface area contributed by atoms with Crippen molar-refractivity contribution in [2.24, 2.45) is 0 Å². The molecular weight excluding hydrogens is 374 g/mol. The number of anilines is 3. The summed E-state index contributed by atoms with van der Waals surface area (Å²) in [6.45, 7) is 5.05. The summed E-state index contributed by atoms with van der Waals surface area (Å²) in [5.74, 6) is 0.641. The van der Waals surface area contributed by atoms with Crippen molar-refractivity contribution >= 4 is 33.7 Å². The van der Waals surface area contributed by atoms with Gasteiger partial charge in [0.15, 0.2) is 11.5 Å². The Bertz CT molecular complexity index is 1260. The van der Waals surface area contributed by atoms with Crippen molar-refractivity contribution in [1.82, 2.24) is 5.16 Å². The average Bonchev–Trinajstić information content (AvgIpc) is 3.20. The van der Waals surface area contributed by atoms with Crippen molar-refractivity contribution in [2.45, 2.75) is 26.7 Å². The molecule has 0 atom stereocenters. The van der Waals surface area contributed by atoms with E-state index in [-0.39, 0.29) is 5.78 Å². The number of fused-ring (bicyclic) bond motifs is 2. The summed E-state index contributed by atoms with van der Waals surface area (Å²) < 4.78 is 5.77. The second-order valence-electron chi connectivity index (χ2n) is 7.73. The molecule has 30 heavy (non-hydrogen) atoms. The van der Waals surface area contributed by atoms with Crippen LogP contribution < -0.4 is 10.6 Å². The fraction of sp³-hybridized carbons (Fsp3) is 0.200. The number of hydrogen-bond donors (Lipinski definition) is 2. The predicted octanol–water partition coefficient (Wildman–Crippen LogP) is 6.30. The van der Waals surface area contributed by atoms with Gasteiger partial charge < -0.3 is 15.2 Å². The van der Waals surface area contributed by atoms with Crippen LogP contribution in [0.4, 0.5) is 17.1 Å². The lowest BCUT2D eigenvalue weighted by atomic mass is 9.86. The molecule has 1 heterocycles. The Labute approximate surface area is 175 Å². The molecule has 0 saturated heterocycles. The van der Waals surface area contributed by atoms with Gasteiger partial charge in [0.1, 0.15) is 5.52 Å². The third-order valence-corrected chi connectivity index (χ3v) is 5.57. The summed E-state index contributed by atoms with van der Waals surface area (Å²) in [6.07, 6.45) is 2.15. The highest BCUT2D eigenvalue weighted by molar-refractivity contribution is 6.28. The Balaban J connectivity index is 1.72. The number of rotatable bonds is 6. The summed E-state index contributed by atoms with van der Waals surface area (Å²) in [4.78, 5) is 13.5. The van der Waals surface area contributed by atoms with E-state index in [0.29, 0.717) is 22.4 Å². The number of nitrogens with zero attached hydrogens (tertiary/aromatic N) is 1. The third-order valence-electron chi connectivity index (χ3n) is 5.57. The van der Waals surface area contributed by atoms with Crippen LogP contribution in [0.1, 0.15) is 41.3 Å². The molecular formula is C25H23N3O2. The normalized spacial score (nSPS) is 12.1. The van der Waals surface area contributed by atoms with Gasteiger partial charge in [-0.25, -0.2) is 0 Å². The maximum absolute atomic E-state index is 13.5. The van der Waals surface area contributed by atoms with Crippen molar-refractivity contribution in [3.05, 3.63) is 71.3 Å². The molecule has 0 amide bonds. The molecule has 1 aliphatic carbocycles. The van der Waals surface area contributed by atoms with Gasteiger partial charge in [-0.1, -0.05) is 60.5 Å². The van der Waals surface area contributed by atoms with E-state index in [1.165, 1.54) is 5.56 Å². The minimum atomic E-state index is -0.0129. The van der Waals surface area contributed by atoms with Gasteiger partial charge in [-0.15, -0.1) is 0 Å². The molecule has 2 N–H and O–H groups in total. The van der Waals surface area contributed by atoms with Crippen LogP contribution in [0.3, 0.4) is 0 Å². The molecule has 0 unspecified atom stereocenters. The van der Waals surface area contributed by atoms with Gasteiger partial charge in [-0.2, -0.15) is 0 Å². The zero-order chi connectivity index (χ0) is 20.7. The molecule has 0 saturated carbocycles. The fourth-order valence-corrected chi connectivity index (χ4v) is 3.98. The van der Waals surface area contributed by atoms with Gasteiger partial charge in [0.2, 0.25) is 0 Å². The zero-order valence-corrected chi connectivity index (χ0v) is 17.1. The zero-order valence-electron chi connectivity index (χ0n) is 17.1. The molecule has 0 fully saturated rings. The smallest absolute Gasteiger partial charge is 0.196 e. The number of aromatic nitrogens is 1. The van der Waals surface area contributed by atoms with Crippen molar-refractivity contribution in [1.29, 1.82) is 0 Å². The summed E-state index contributed by atoms with van der Waals surface area (Å²) >= 11 is 0. The summed E-state index contributed by atoms with van der Waals surface area (Å²) in [6, 6.07) is 17.7. The number of aryl methyl sites for hydroxylation is 1. The fourth-order valence-electron chi connectivity index (χ4n) is 3.98. The number of ketones is 1. The molecule has 0 radical (unpaired) electrons. The largest absolute Gasteiger partial charge is 0.383 e. The molecule has 3 aromatic carbocycles. The first-order valence-electron chi connectivity index (χ1n) is 10.4. The lowest BCUT2D eigenvalue weighted by molar-refractivity contribution is 0.104. The average molecular weight is 397 g/mol. The van der Waals surface area contributed by atoms with Crippen LogP contribution in [0.5, 0.6) is 0 Å². The summed E-state index contributed by atoms with van der Waals surface area (Å²) in [5, 5.41) is 12.1. The quantitative estimate of drug-likeness (QED) is 0.329. The van der Waals surface area contributed by atoms with Gasteiger partial charge in [0, 0.05) is 23.4 Å². The summed E-state index contributed by atoms with van der Waals surface area (Å²) in [5.41, 5.74) is 6.50. The lowest BCUT2D eigenvalue weighted by Gasteiger charge is -2.20. The SMILES string of the molecule is CCCCNc1cc(Nc2ccc(C)cc2)c2c3c(onc13)-c1ccccc1C2=O. The third kappa shape index (κ3) is 2.94. The molecule has 0 bridgehead atoms. The van der Waals surface area contributed by atoms with Crippen LogP contribution in [0.15, 0.2) is 59.1 Å². The van der Waals surface area contributed by atoms with E-state index in [2.05, 4.69) is 41.8 Å². The Kier molecular flexibility index (Phi) is 4.51. The number of unbranched alkanes of at least 4 members (excludes halogenated alkanes) is 1. The van der Waals surface area contributed by atoms with Crippen LogP contribution in [-0.4, -0.2) is 17.5 Å². The number of benzene rings is 3. The van der Waals surface area contributed by atoms with Gasteiger partial charge in [-0.05, 0) is 31.5 Å². The Morgan fingerprint density at radius 2 is 1.77 bits per heavy atom. The Morgan fingerprint density at radius 3 is 2.53 bits per heavy atom. The first kappa shape index (κ1) is 18.4. The minimum Gasteiger partial charge on any atom is -0.383 e. The number of carbonyl (C=O) groups is 1. The van der Waals surface area contributed by atoms with E-state index in [1.807, 2.05) is 42.5 Å². The van der Waals surface area contributed by atoms with E-state index < -0.39 is 0 Å². The maximum atomic E-state index is 13.5. The molecule has 1 aliphatic rings. The topological polar surface area (TPSA) is 67.2 Å². The second-order valence-corrected chi connectivity index (χ2v) is 7.73. The van der Waals surface area contributed by atoms with Crippen LogP contribution in [0.2, 0.25) is 0 Å². The first-order chi connectivity index (χ1) is 14.7. The molecule has 0 spiro atoms. The standard InChI is InChI=1S/C25H23N3O2/c1-3-4-13-26-20-14-19(27-16-11-9-15(2)10-12-16)21-22-23(20)28-30-25(22)18-8-6-5-7-17(18)24(21)29/h5-12,14,26-27H,3-4,13H2,1-2H3. The molecule has 5 heteroatoms. The van der Waals surface area contributed by atoms with Crippen LogP contribution in [0.25, 0.3) is 22.2 Å². The first-order valence-corrected chi connectivity index (χ1v) is 10.4. The van der Waals surface area contributed by atoms with Gasteiger partial charge >= 0.3 is 0 Å². The van der Waals surface area contributed by atoms with E-state index in [9.17, 15) is 4.79 Å². The second kappa shape index (κ2) is 7.34. The monoisotopic (exact) mass is 397 g/mol. The predicted molar refractivity (Wildman–Crippen MR) is 121 cm³/mol. The molecule has 5 rings (SSSR count). The number of hydrogen-bond acceptors (Lipinski definition) is 5. The highest BCUT2D eigenvalue weighted by Gasteiger charge is 2.32. The van der Waals surface area contributed by atoms with Crippen molar-refractivity contribution in [3.8, 4) is 11.3 Å². The number of carbonyl (C=O) groups excluding carboxylic acids is 1. The molecule has 150 valence electrons. The van der Waals surface area contributed by atoms with E-state index in [0.717, 1.165) is 47.4 Å². The molecule has 1 aromatic heterocycles. The molecule has 5 nitrogen and oxygen atoms in total. The van der Waals surface area contributed by atoms with E-state index >= 15 is 0 Å². The van der Waals surface area contributed by atoms with Gasteiger partial charge in [0.25, 0.3) is 0 Å². The number of nitrogens with one attached hydrogen (secondary N) is 2. The van der Waals surface area contributed by atoms with Crippen LogP contribution in [-0.2, 0) is 0 Å².